The van der Waals surface area contributed by atoms with E-state index >= 15 is 0 Å². The minimum absolute atomic E-state index is 0.00871. The maximum atomic E-state index is 13.3. The van der Waals surface area contributed by atoms with E-state index in [0.29, 0.717) is 5.69 Å². The van der Waals surface area contributed by atoms with Crippen LogP contribution in [0, 0.1) is 17.1 Å². The monoisotopic (exact) mass is 351 g/mol. The third-order valence-electron chi connectivity index (χ3n) is 4.80. The second-order valence-corrected chi connectivity index (χ2v) is 6.61. The number of hydrogen-bond donors (Lipinski definition) is 1. The molecule has 0 aliphatic carbocycles. The maximum absolute atomic E-state index is 13.3. The topological polar surface area (TPSA) is 56.1 Å². The first-order valence-electron chi connectivity index (χ1n) is 8.91. The van der Waals surface area contributed by atoms with E-state index in [-0.39, 0.29) is 30.2 Å². The lowest BCUT2D eigenvalue weighted by Gasteiger charge is -2.37. The number of nitriles is 1. The molecule has 1 N–H and O–H groups in total. The van der Waals surface area contributed by atoms with Crippen LogP contribution in [0.2, 0.25) is 0 Å². The largest absolute Gasteiger partial charge is 0.325 e. The Morgan fingerprint density at radius 1 is 1.23 bits per heavy atom. The van der Waals surface area contributed by atoms with E-state index in [0.717, 1.165) is 31.4 Å². The molecule has 2 aromatic rings. The van der Waals surface area contributed by atoms with E-state index in [4.69, 9.17) is 0 Å². The summed E-state index contributed by atoms with van der Waals surface area (Å²) in [5.74, 6) is -0.835. The number of rotatable bonds is 5. The summed E-state index contributed by atoms with van der Waals surface area (Å²) >= 11 is 0. The second kappa shape index (κ2) is 8.59. The highest BCUT2D eigenvalue weighted by Gasteiger charge is 2.32. The van der Waals surface area contributed by atoms with Crippen LogP contribution in [0.5, 0.6) is 0 Å². The molecule has 2 atom stereocenters. The summed E-state index contributed by atoms with van der Waals surface area (Å²) < 4.78 is 13.3. The molecule has 3 rings (SSSR count). The van der Waals surface area contributed by atoms with Gasteiger partial charge in [0, 0.05) is 11.7 Å². The first-order valence-corrected chi connectivity index (χ1v) is 8.91. The van der Waals surface area contributed by atoms with Gasteiger partial charge in [0.25, 0.3) is 0 Å². The molecule has 1 aliphatic heterocycles. The van der Waals surface area contributed by atoms with Gasteiger partial charge in [-0.15, -0.1) is 0 Å². The molecule has 0 spiro atoms. The van der Waals surface area contributed by atoms with Crippen molar-refractivity contribution in [2.45, 2.75) is 31.2 Å². The minimum atomic E-state index is -0.382. The number of carbonyl (C=O) groups excluding carboxylic acids is 1. The molecule has 0 saturated carbocycles. The number of halogens is 1. The molecule has 0 unspecified atom stereocenters. The van der Waals surface area contributed by atoms with Crippen LogP contribution < -0.4 is 5.32 Å². The van der Waals surface area contributed by atoms with Crippen molar-refractivity contribution in [3.8, 4) is 6.07 Å². The number of likely N-dealkylation sites (tertiary alicyclic amines) is 1. The zero-order chi connectivity index (χ0) is 18.4. The molecule has 1 aliphatic rings. The van der Waals surface area contributed by atoms with Gasteiger partial charge in [-0.3, -0.25) is 9.69 Å². The third-order valence-corrected chi connectivity index (χ3v) is 4.80. The van der Waals surface area contributed by atoms with Gasteiger partial charge in [0.1, 0.15) is 5.82 Å². The predicted molar refractivity (Wildman–Crippen MR) is 99.0 cm³/mol. The molecule has 1 amide bonds. The number of benzene rings is 2. The molecule has 0 bridgehead atoms. The van der Waals surface area contributed by atoms with Crippen molar-refractivity contribution >= 4 is 11.6 Å². The summed E-state index contributed by atoms with van der Waals surface area (Å²) in [4.78, 5) is 14.5. The fourth-order valence-corrected chi connectivity index (χ4v) is 3.58. The van der Waals surface area contributed by atoms with Gasteiger partial charge in [-0.25, -0.2) is 4.39 Å². The first kappa shape index (κ1) is 18.1. The summed E-state index contributed by atoms with van der Waals surface area (Å²) in [5, 5.41) is 12.5. The predicted octanol–water partition coefficient (Wildman–Crippen LogP) is 3.93. The highest BCUT2D eigenvalue weighted by molar-refractivity contribution is 5.92. The van der Waals surface area contributed by atoms with Crippen LogP contribution in [0.4, 0.5) is 10.1 Å². The van der Waals surface area contributed by atoms with Crippen LogP contribution in [0.25, 0.3) is 0 Å². The number of amides is 1. The molecular weight excluding hydrogens is 329 g/mol. The molecule has 1 heterocycles. The summed E-state index contributed by atoms with van der Waals surface area (Å²) in [7, 11) is 0. The second-order valence-electron chi connectivity index (χ2n) is 6.61. The van der Waals surface area contributed by atoms with Crippen LogP contribution >= 0.6 is 0 Å². The summed E-state index contributed by atoms with van der Waals surface area (Å²) in [6, 6.07) is 18.0. The molecule has 2 aromatic carbocycles. The van der Waals surface area contributed by atoms with Gasteiger partial charge in [-0.2, -0.15) is 5.26 Å². The molecule has 134 valence electrons. The van der Waals surface area contributed by atoms with Crippen molar-refractivity contribution in [2.75, 3.05) is 18.4 Å². The Labute approximate surface area is 153 Å². The Morgan fingerprint density at radius 2 is 2.04 bits per heavy atom. The lowest BCUT2D eigenvalue weighted by atomic mass is 9.86. The lowest BCUT2D eigenvalue weighted by Crippen LogP contribution is -2.46. The van der Waals surface area contributed by atoms with Gasteiger partial charge in [0.15, 0.2) is 0 Å². The molecule has 1 fully saturated rings. The van der Waals surface area contributed by atoms with E-state index < -0.39 is 0 Å². The molecule has 26 heavy (non-hydrogen) atoms. The van der Waals surface area contributed by atoms with Gasteiger partial charge >= 0.3 is 0 Å². The van der Waals surface area contributed by atoms with E-state index in [1.165, 1.54) is 12.1 Å². The Kier molecular flexibility index (Phi) is 5.98. The number of piperidine rings is 1. The average Bonchev–Trinajstić information content (AvgIpc) is 2.64. The molecular formula is C21H22FN3O. The Morgan fingerprint density at radius 3 is 2.77 bits per heavy atom. The number of hydrogen-bond acceptors (Lipinski definition) is 3. The summed E-state index contributed by atoms with van der Waals surface area (Å²) in [6.45, 7) is 0.985. The fraction of sp³-hybridized carbons (Fsp3) is 0.333. The Bertz CT molecular complexity index is 787. The molecule has 1 saturated heterocycles. The highest BCUT2D eigenvalue weighted by atomic mass is 19.1. The van der Waals surface area contributed by atoms with Crippen molar-refractivity contribution in [3.05, 3.63) is 66.0 Å². The van der Waals surface area contributed by atoms with Crippen molar-refractivity contribution in [3.63, 3.8) is 0 Å². The van der Waals surface area contributed by atoms with E-state index in [2.05, 4.69) is 16.3 Å². The summed E-state index contributed by atoms with van der Waals surface area (Å²) in [6.07, 6.45) is 2.95. The van der Waals surface area contributed by atoms with Gasteiger partial charge < -0.3 is 5.32 Å². The quantitative estimate of drug-likeness (QED) is 0.888. The zero-order valence-electron chi connectivity index (χ0n) is 14.6. The first-order chi connectivity index (χ1) is 12.7. The van der Waals surface area contributed by atoms with Crippen LogP contribution in [-0.4, -0.2) is 29.9 Å². The van der Waals surface area contributed by atoms with Crippen molar-refractivity contribution < 1.29 is 9.18 Å². The van der Waals surface area contributed by atoms with E-state index in [9.17, 15) is 14.4 Å². The van der Waals surface area contributed by atoms with Crippen LogP contribution in [0.3, 0.4) is 0 Å². The van der Waals surface area contributed by atoms with E-state index in [1.54, 1.807) is 12.1 Å². The number of nitrogens with zero attached hydrogens (tertiary/aromatic N) is 2. The summed E-state index contributed by atoms with van der Waals surface area (Å²) in [5.41, 5.74) is 1.43. The lowest BCUT2D eigenvalue weighted by molar-refractivity contribution is -0.118. The van der Waals surface area contributed by atoms with Crippen molar-refractivity contribution in [1.82, 2.24) is 4.90 Å². The van der Waals surface area contributed by atoms with E-state index in [1.807, 2.05) is 30.3 Å². The van der Waals surface area contributed by atoms with Crippen LogP contribution in [-0.2, 0) is 4.79 Å². The van der Waals surface area contributed by atoms with Gasteiger partial charge in [0.05, 0.1) is 18.5 Å². The van der Waals surface area contributed by atoms with Crippen LogP contribution in [0.1, 0.15) is 30.7 Å². The average molecular weight is 351 g/mol. The van der Waals surface area contributed by atoms with Gasteiger partial charge in [-0.1, -0.05) is 42.8 Å². The smallest absolute Gasteiger partial charge is 0.238 e. The third kappa shape index (κ3) is 4.47. The number of carbonyl (C=O) groups is 1. The number of anilines is 1. The number of nitrogens with one attached hydrogen (secondary N) is 1. The molecule has 0 radical (unpaired) electrons. The SMILES string of the molecule is N#C[C@H](c1ccccc1)[C@@H]1CCCCN1CC(=O)Nc1cccc(F)c1. The maximum Gasteiger partial charge on any atom is 0.238 e. The Balaban J connectivity index is 1.70. The van der Waals surface area contributed by atoms with Crippen molar-refractivity contribution in [1.29, 1.82) is 5.26 Å². The molecule has 5 heteroatoms. The fourth-order valence-electron chi connectivity index (χ4n) is 3.58. The van der Waals surface area contributed by atoms with Crippen LogP contribution in [0.15, 0.2) is 54.6 Å². The normalized spacial score (nSPS) is 18.7. The Hall–Kier alpha value is -2.71. The highest BCUT2D eigenvalue weighted by Crippen LogP contribution is 2.30. The molecule has 4 nitrogen and oxygen atoms in total. The standard InChI is InChI=1S/C21H22FN3O/c22-17-9-6-10-18(13-17)24-21(26)15-25-12-5-4-11-20(25)19(14-23)16-7-2-1-3-8-16/h1-3,6-10,13,19-20H,4-5,11-12,15H2,(H,24,26)/t19-,20+/m1/s1. The van der Waals surface area contributed by atoms with Gasteiger partial charge in [0.2, 0.25) is 5.91 Å². The zero-order valence-corrected chi connectivity index (χ0v) is 14.6. The van der Waals surface area contributed by atoms with Gasteiger partial charge in [-0.05, 0) is 43.1 Å². The van der Waals surface area contributed by atoms with Crippen molar-refractivity contribution in [2.24, 2.45) is 0 Å². The minimum Gasteiger partial charge on any atom is -0.325 e. The molecule has 0 aromatic heterocycles.